The number of hydrogen-bond acceptors (Lipinski definition) is 4. The van der Waals surface area contributed by atoms with E-state index in [9.17, 15) is 9.59 Å². The lowest BCUT2D eigenvalue weighted by atomic mass is 10.5. The summed E-state index contributed by atoms with van der Waals surface area (Å²) >= 11 is 0. The molecular formula is C9H15N3O3. The molecule has 0 amide bonds. The number of ether oxygens (including phenoxy) is 1. The first kappa shape index (κ1) is 11.7. The number of hydrogen-bond donors (Lipinski definition) is 1. The fraction of sp³-hybridized carbons (Fsp3) is 0.556. The van der Waals surface area contributed by atoms with Gasteiger partial charge in [0.15, 0.2) is 0 Å². The summed E-state index contributed by atoms with van der Waals surface area (Å²) in [6.07, 6.45) is 3.11. The lowest BCUT2D eigenvalue weighted by molar-refractivity contribution is 0.132. The van der Waals surface area contributed by atoms with Crippen LogP contribution >= 0.6 is 0 Å². The van der Waals surface area contributed by atoms with Crippen molar-refractivity contribution in [1.82, 2.24) is 9.13 Å². The molecule has 84 valence electrons. The SMILES string of the molecule is Cn1ccn(CCOCCN)c(=O)c1=O. The third kappa shape index (κ3) is 3.03. The molecule has 6 heteroatoms. The quantitative estimate of drug-likeness (QED) is 0.478. The largest absolute Gasteiger partial charge is 0.378 e. The van der Waals surface area contributed by atoms with Crippen molar-refractivity contribution in [3.63, 3.8) is 0 Å². The number of aromatic nitrogens is 2. The Hall–Kier alpha value is -1.40. The number of nitrogens with two attached hydrogens (primary N) is 1. The second-order valence-corrected chi connectivity index (χ2v) is 3.11. The van der Waals surface area contributed by atoms with Crippen molar-refractivity contribution < 1.29 is 4.74 Å². The van der Waals surface area contributed by atoms with Gasteiger partial charge in [-0.3, -0.25) is 9.59 Å². The lowest BCUT2D eigenvalue weighted by Gasteiger charge is -2.06. The highest BCUT2D eigenvalue weighted by Gasteiger charge is 2.01. The normalized spacial score (nSPS) is 10.5. The van der Waals surface area contributed by atoms with Gasteiger partial charge in [0.1, 0.15) is 0 Å². The van der Waals surface area contributed by atoms with Gasteiger partial charge < -0.3 is 19.6 Å². The highest BCUT2D eigenvalue weighted by Crippen LogP contribution is 1.80. The standard InChI is InChI=1S/C9H15N3O3/c1-11-3-4-12(9(14)8(11)13)5-7-15-6-2-10/h3-4H,2,5-7,10H2,1H3. The second kappa shape index (κ2) is 5.47. The highest BCUT2D eigenvalue weighted by molar-refractivity contribution is 4.84. The summed E-state index contributed by atoms with van der Waals surface area (Å²) < 4.78 is 7.70. The van der Waals surface area contributed by atoms with Gasteiger partial charge in [0.2, 0.25) is 0 Å². The predicted octanol–water partition coefficient (Wildman–Crippen LogP) is -1.48. The molecule has 0 aliphatic heterocycles. The molecule has 6 nitrogen and oxygen atoms in total. The average Bonchev–Trinajstić information content (AvgIpc) is 2.24. The first-order valence-electron chi connectivity index (χ1n) is 4.70. The molecule has 1 aromatic heterocycles. The van der Waals surface area contributed by atoms with Gasteiger partial charge in [-0.15, -0.1) is 0 Å². The van der Waals surface area contributed by atoms with Crippen molar-refractivity contribution in [3.05, 3.63) is 33.1 Å². The summed E-state index contributed by atoms with van der Waals surface area (Å²) in [5.41, 5.74) is 4.17. The third-order valence-electron chi connectivity index (χ3n) is 1.97. The fourth-order valence-corrected chi connectivity index (χ4v) is 1.11. The minimum atomic E-state index is -0.531. The molecule has 0 spiro atoms. The molecule has 0 atom stereocenters. The Morgan fingerprint density at radius 2 is 2.00 bits per heavy atom. The van der Waals surface area contributed by atoms with Crippen LogP contribution in [0, 0.1) is 0 Å². The Balaban J connectivity index is 2.67. The van der Waals surface area contributed by atoms with E-state index in [4.69, 9.17) is 10.5 Å². The molecular weight excluding hydrogens is 198 g/mol. The molecule has 0 aliphatic rings. The highest BCUT2D eigenvalue weighted by atomic mass is 16.5. The lowest BCUT2D eigenvalue weighted by Crippen LogP contribution is -2.40. The molecule has 0 fully saturated rings. The van der Waals surface area contributed by atoms with Crippen LogP contribution in [0.2, 0.25) is 0 Å². The summed E-state index contributed by atoms with van der Waals surface area (Å²) in [6.45, 7) is 1.66. The molecule has 0 saturated heterocycles. The van der Waals surface area contributed by atoms with Gasteiger partial charge in [0.05, 0.1) is 13.2 Å². The first-order valence-corrected chi connectivity index (χ1v) is 4.70. The monoisotopic (exact) mass is 213 g/mol. The Morgan fingerprint density at radius 3 is 2.67 bits per heavy atom. The van der Waals surface area contributed by atoms with E-state index in [2.05, 4.69) is 0 Å². The predicted molar refractivity (Wildman–Crippen MR) is 55.8 cm³/mol. The first-order chi connectivity index (χ1) is 7.16. The summed E-state index contributed by atoms with van der Waals surface area (Å²) in [4.78, 5) is 22.6. The van der Waals surface area contributed by atoms with Crippen molar-refractivity contribution in [2.24, 2.45) is 12.8 Å². The van der Waals surface area contributed by atoms with Crippen LogP contribution in [-0.4, -0.2) is 28.9 Å². The Bertz CT molecular complexity index is 421. The Labute approximate surface area is 86.9 Å². The van der Waals surface area contributed by atoms with Crippen LogP contribution in [0.15, 0.2) is 22.0 Å². The molecule has 0 saturated carbocycles. The van der Waals surface area contributed by atoms with Crippen LogP contribution < -0.4 is 16.9 Å². The van der Waals surface area contributed by atoms with E-state index in [1.807, 2.05) is 0 Å². The summed E-state index contributed by atoms with van der Waals surface area (Å²) in [7, 11) is 1.54. The number of aryl methyl sites for hydroxylation is 1. The van der Waals surface area contributed by atoms with Crippen molar-refractivity contribution in [1.29, 1.82) is 0 Å². The van der Waals surface area contributed by atoms with E-state index < -0.39 is 11.1 Å². The van der Waals surface area contributed by atoms with E-state index in [-0.39, 0.29) is 0 Å². The molecule has 0 aliphatic carbocycles. The maximum absolute atomic E-state index is 11.4. The molecule has 1 aromatic rings. The Kier molecular flexibility index (Phi) is 4.26. The zero-order valence-corrected chi connectivity index (χ0v) is 8.68. The molecule has 1 heterocycles. The van der Waals surface area contributed by atoms with E-state index in [0.29, 0.717) is 26.3 Å². The van der Waals surface area contributed by atoms with Gasteiger partial charge in [0.25, 0.3) is 0 Å². The van der Waals surface area contributed by atoms with Crippen LogP contribution in [-0.2, 0) is 18.3 Å². The van der Waals surface area contributed by atoms with E-state index in [0.717, 1.165) is 0 Å². The topological polar surface area (TPSA) is 79.2 Å². The van der Waals surface area contributed by atoms with Gasteiger partial charge in [0, 0.05) is 32.5 Å². The summed E-state index contributed by atoms with van der Waals surface area (Å²) in [5, 5.41) is 0. The van der Waals surface area contributed by atoms with Crippen LogP contribution in [0.1, 0.15) is 0 Å². The zero-order chi connectivity index (χ0) is 11.3. The number of rotatable bonds is 5. The fourth-order valence-electron chi connectivity index (χ4n) is 1.11. The molecule has 0 aromatic carbocycles. The van der Waals surface area contributed by atoms with Gasteiger partial charge in [-0.25, -0.2) is 0 Å². The van der Waals surface area contributed by atoms with Crippen LogP contribution in [0.3, 0.4) is 0 Å². The molecule has 1 rings (SSSR count). The van der Waals surface area contributed by atoms with Gasteiger partial charge >= 0.3 is 11.1 Å². The van der Waals surface area contributed by atoms with Crippen LogP contribution in [0.25, 0.3) is 0 Å². The molecule has 0 unspecified atom stereocenters. The maximum atomic E-state index is 11.4. The van der Waals surface area contributed by atoms with Crippen LogP contribution in [0.4, 0.5) is 0 Å². The maximum Gasteiger partial charge on any atom is 0.316 e. The smallest absolute Gasteiger partial charge is 0.316 e. The van der Waals surface area contributed by atoms with Gasteiger partial charge in [-0.1, -0.05) is 0 Å². The Morgan fingerprint density at radius 1 is 1.27 bits per heavy atom. The third-order valence-corrected chi connectivity index (χ3v) is 1.97. The molecule has 15 heavy (non-hydrogen) atoms. The minimum absolute atomic E-state index is 0.370. The molecule has 0 bridgehead atoms. The van der Waals surface area contributed by atoms with Gasteiger partial charge in [-0.2, -0.15) is 0 Å². The van der Waals surface area contributed by atoms with Crippen molar-refractivity contribution in [2.45, 2.75) is 6.54 Å². The van der Waals surface area contributed by atoms with E-state index >= 15 is 0 Å². The average molecular weight is 213 g/mol. The minimum Gasteiger partial charge on any atom is -0.378 e. The summed E-state index contributed by atoms with van der Waals surface area (Å²) in [6, 6.07) is 0. The van der Waals surface area contributed by atoms with E-state index in [1.54, 1.807) is 19.4 Å². The van der Waals surface area contributed by atoms with Crippen molar-refractivity contribution in [2.75, 3.05) is 19.8 Å². The second-order valence-electron chi connectivity index (χ2n) is 3.11. The molecule has 2 N–H and O–H groups in total. The molecule has 0 radical (unpaired) electrons. The zero-order valence-electron chi connectivity index (χ0n) is 8.68. The van der Waals surface area contributed by atoms with Crippen LogP contribution in [0.5, 0.6) is 0 Å². The van der Waals surface area contributed by atoms with E-state index in [1.165, 1.54) is 9.13 Å². The van der Waals surface area contributed by atoms with Gasteiger partial charge in [-0.05, 0) is 0 Å². The number of nitrogens with zero attached hydrogens (tertiary/aromatic N) is 2. The summed E-state index contributed by atoms with van der Waals surface area (Å²) in [5.74, 6) is 0. The van der Waals surface area contributed by atoms with Crippen molar-refractivity contribution in [3.8, 4) is 0 Å². The van der Waals surface area contributed by atoms with Crippen molar-refractivity contribution >= 4 is 0 Å².